The molecule has 1 aromatic rings. The molecule has 3 nitrogen and oxygen atoms in total. The van der Waals surface area contributed by atoms with Gasteiger partial charge in [-0.05, 0) is 45.6 Å². The maximum absolute atomic E-state index is 13.3. The normalized spacial score (nSPS) is 13.7. The summed E-state index contributed by atoms with van der Waals surface area (Å²) in [4.78, 5) is 13.0. The van der Waals surface area contributed by atoms with Gasteiger partial charge in [0, 0.05) is 6.04 Å². The molecule has 100 valence electrons. The molecule has 0 aliphatic carbocycles. The Balaban J connectivity index is 3.29. The minimum absolute atomic E-state index is 0.436. The molecular formula is C13H17F2NO2. The molecule has 1 N–H and O–H groups in total. The molecule has 0 saturated heterocycles. The van der Waals surface area contributed by atoms with Gasteiger partial charge < -0.3 is 10.0 Å². The van der Waals surface area contributed by atoms with Crippen LogP contribution in [0.3, 0.4) is 0 Å². The van der Waals surface area contributed by atoms with Crippen LogP contribution in [0.25, 0.3) is 0 Å². The molecule has 0 saturated carbocycles. The molecule has 0 amide bonds. The van der Waals surface area contributed by atoms with Crippen molar-refractivity contribution in [2.45, 2.75) is 19.9 Å². The second kappa shape index (κ2) is 5.02. The molecule has 0 aliphatic heterocycles. The van der Waals surface area contributed by atoms with Gasteiger partial charge >= 0.3 is 5.97 Å². The number of aliphatic carboxylic acids is 1. The van der Waals surface area contributed by atoms with E-state index < -0.39 is 29.1 Å². The van der Waals surface area contributed by atoms with Gasteiger partial charge in [-0.1, -0.05) is 6.07 Å². The fraction of sp³-hybridized carbons (Fsp3) is 0.462. The van der Waals surface area contributed by atoms with E-state index >= 15 is 0 Å². The summed E-state index contributed by atoms with van der Waals surface area (Å²) < 4.78 is 26.2. The molecule has 5 heteroatoms. The Bertz CT molecular complexity index is 458. The van der Waals surface area contributed by atoms with Crippen molar-refractivity contribution in [1.82, 2.24) is 4.90 Å². The molecule has 1 atom stereocenters. The summed E-state index contributed by atoms with van der Waals surface area (Å²) in [5.74, 6) is -2.91. The quantitative estimate of drug-likeness (QED) is 0.901. The van der Waals surface area contributed by atoms with Gasteiger partial charge in [0.1, 0.15) is 0 Å². The highest BCUT2D eigenvalue weighted by molar-refractivity contribution is 5.75. The first-order valence-electron chi connectivity index (χ1n) is 5.52. The Morgan fingerprint density at radius 2 is 1.83 bits per heavy atom. The maximum atomic E-state index is 13.3. The molecule has 0 fully saturated rings. The van der Waals surface area contributed by atoms with Gasteiger partial charge in [0.05, 0.1) is 5.41 Å². The Hall–Kier alpha value is -1.49. The van der Waals surface area contributed by atoms with Crippen LogP contribution >= 0.6 is 0 Å². The number of halogens is 2. The zero-order valence-electron chi connectivity index (χ0n) is 10.9. The highest BCUT2D eigenvalue weighted by Crippen LogP contribution is 2.37. The molecule has 1 rings (SSSR count). The van der Waals surface area contributed by atoms with Crippen molar-refractivity contribution >= 4 is 5.97 Å². The molecule has 18 heavy (non-hydrogen) atoms. The SMILES string of the molecule is CN(C)C(c1ccc(F)c(F)c1)C(C)(C)C(=O)O. The summed E-state index contributed by atoms with van der Waals surface area (Å²) in [5, 5.41) is 9.25. The lowest BCUT2D eigenvalue weighted by molar-refractivity contribution is -0.150. The van der Waals surface area contributed by atoms with Crippen LogP contribution < -0.4 is 0 Å². The van der Waals surface area contributed by atoms with Crippen LogP contribution in [0.5, 0.6) is 0 Å². The lowest BCUT2D eigenvalue weighted by Crippen LogP contribution is -2.39. The number of benzene rings is 1. The van der Waals surface area contributed by atoms with Gasteiger partial charge in [0.2, 0.25) is 0 Å². The Morgan fingerprint density at radius 3 is 2.22 bits per heavy atom. The predicted molar refractivity (Wildman–Crippen MR) is 64.2 cm³/mol. The van der Waals surface area contributed by atoms with Crippen molar-refractivity contribution in [2.24, 2.45) is 5.41 Å². The molecule has 0 aromatic heterocycles. The first-order chi connectivity index (χ1) is 8.17. The molecule has 0 heterocycles. The van der Waals surface area contributed by atoms with E-state index in [1.165, 1.54) is 6.07 Å². The van der Waals surface area contributed by atoms with Gasteiger partial charge in [-0.2, -0.15) is 0 Å². The van der Waals surface area contributed by atoms with E-state index in [1.807, 2.05) is 0 Å². The van der Waals surface area contributed by atoms with Crippen molar-refractivity contribution in [2.75, 3.05) is 14.1 Å². The standard InChI is InChI=1S/C13H17F2NO2/c1-13(2,12(17)18)11(16(3)4)8-5-6-9(14)10(15)7-8/h5-7,11H,1-4H3,(H,17,18). The smallest absolute Gasteiger partial charge is 0.311 e. The molecular weight excluding hydrogens is 240 g/mol. The predicted octanol–water partition coefficient (Wildman–Crippen LogP) is 2.68. The third kappa shape index (κ3) is 2.67. The largest absolute Gasteiger partial charge is 0.481 e. The second-order valence-corrected chi connectivity index (χ2v) is 5.07. The van der Waals surface area contributed by atoms with Gasteiger partial charge in [0.25, 0.3) is 0 Å². The highest BCUT2D eigenvalue weighted by atomic mass is 19.2. The van der Waals surface area contributed by atoms with E-state index in [0.29, 0.717) is 5.56 Å². The summed E-state index contributed by atoms with van der Waals surface area (Å²) in [5.41, 5.74) is -0.681. The third-order valence-electron chi connectivity index (χ3n) is 3.01. The summed E-state index contributed by atoms with van der Waals surface area (Å²) in [6.07, 6.45) is 0. The second-order valence-electron chi connectivity index (χ2n) is 5.07. The van der Waals surface area contributed by atoms with Crippen LogP contribution in [0.2, 0.25) is 0 Å². The van der Waals surface area contributed by atoms with Crippen LogP contribution in [0.1, 0.15) is 25.5 Å². The monoisotopic (exact) mass is 257 g/mol. The number of carboxylic acid groups (broad SMARTS) is 1. The summed E-state index contributed by atoms with van der Waals surface area (Å²) in [7, 11) is 3.41. The third-order valence-corrected chi connectivity index (χ3v) is 3.01. The fourth-order valence-corrected chi connectivity index (χ4v) is 2.16. The van der Waals surface area contributed by atoms with Crippen LogP contribution in [-0.4, -0.2) is 30.1 Å². The van der Waals surface area contributed by atoms with Gasteiger partial charge in [-0.15, -0.1) is 0 Å². The van der Waals surface area contributed by atoms with E-state index in [9.17, 15) is 18.7 Å². The van der Waals surface area contributed by atoms with E-state index in [4.69, 9.17) is 0 Å². The van der Waals surface area contributed by atoms with Crippen molar-refractivity contribution in [3.8, 4) is 0 Å². The van der Waals surface area contributed by atoms with E-state index in [1.54, 1.807) is 32.8 Å². The van der Waals surface area contributed by atoms with Crippen molar-refractivity contribution in [1.29, 1.82) is 0 Å². The number of rotatable bonds is 4. The number of hydrogen-bond acceptors (Lipinski definition) is 2. The van der Waals surface area contributed by atoms with E-state index in [-0.39, 0.29) is 0 Å². The Morgan fingerprint density at radius 1 is 1.28 bits per heavy atom. The number of carboxylic acids is 1. The minimum atomic E-state index is -1.12. The first kappa shape index (κ1) is 14.6. The molecule has 1 unspecified atom stereocenters. The van der Waals surface area contributed by atoms with Crippen molar-refractivity contribution < 1.29 is 18.7 Å². The fourth-order valence-electron chi connectivity index (χ4n) is 2.16. The van der Waals surface area contributed by atoms with Crippen molar-refractivity contribution in [3.63, 3.8) is 0 Å². The summed E-state index contributed by atoms with van der Waals surface area (Å²) >= 11 is 0. The van der Waals surface area contributed by atoms with Gasteiger partial charge in [-0.3, -0.25) is 4.79 Å². The highest BCUT2D eigenvalue weighted by Gasteiger charge is 2.39. The van der Waals surface area contributed by atoms with Crippen molar-refractivity contribution in [3.05, 3.63) is 35.4 Å². The number of nitrogens with zero attached hydrogens (tertiary/aromatic N) is 1. The number of carbonyl (C=O) groups is 1. The summed E-state index contributed by atoms with van der Waals surface area (Å²) in [6.45, 7) is 3.11. The molecule has 0 bridgehead atoms. The van der Waals surface area contributed by atoms with E-state index in [0.717, 1.165) is 12.1 Å². The zero-order chi connectivity index (χ0) is 14.1. The minimum Gasteiger partial charge on any atom is -0.481 e. The van der Waals surface area contributed by atoms with Crippen LogP contribution in [0.4, 0.5) is 8.78 Å². The number of hydrogen-bond donors (Lipinski definition) is 1. The maximum Gasteiger partial charge on any atom is 0.311 e. The van der Waals surface area contributed by atoms with Crippen LogP contribution in [0, 0.1) is 17.0 Å². The zero-order valence-corrected chi connectivity index (χ0v) is 10.9. The topological polar surface area (TPSA) is 40.5 Å². The Kier molecular flexibility index (Phi) is 4.06. The molecule has 0 radical (unpaired) electrons. The average molecular weight is 257 g/mol. The average Bonchev–Trinajstić information content (AvgIpc) is 2.22. The summed E-state index contributed by atoms with van der Waals surface area (Å²) in [6, 6.07) is 2.92. The lowest BCUT2D eigenvalue weighted by Gasteiger charge is -2.35. The van der Waals surface area contributed by atoms with E-state index in [2.05, 4.69) is 0 Å². The van der Waals surface area contributed by atoms with Crippen LogP contribution in [0.15, 0.2) is 18.2 Å². The molecule has 0 spiro atoms. The first-order valence-corrected chi connectivity index (χ1v) is 5.52. The molecule has 0 aliphatic rings. The Labute approximate surface area is 105 Å². The van der Waals surface area contributed by atoms with Gasteiger partial charge in [-0.25, -0.2) is 8.78 Å². The lowest BCUT2D eigenvalue weighted by atomic mass is 9.79. The van der Waals surface area contributed by atoms with Crippen LogP contribution in [-0.2, 0) is 4.79 Å². The molecule has 1 aromatic carbocycles. The van der Waals surface area contributed by atoms with Gasteiger partial charge in [0.15, 0.2) is 11.6 Å².